The number of aromatic nitrogens is 4. The predicted octanol–water partition coefficient (Wildman–Crippen LogP) is 1.81. The van der Waals surface area contributed by atoms with Gasteiger partial charge in [-0.2, -0.15) is 4.68 Å². The molecule has 108 valence electrons. The Labute approximate surface area is 119 Å². The van der Waals surface area contributed by atoms with Gasteiger partial charge in [0.1, 0.15) is 0 Å². The van der Waals surface area contributed by atoms with Gasteiger partial charge in [-0.25, -0.2) is 0 Å². The van der Waals surface area contributed by atoms with Crippen LogP contribution in [0.4, 0.5) is 5.95 Å². The van der Waals surface area contributed by atoms with Crippen LogP contribution < -0.4 is 5.32 Å². The van der Waals surface area contributed by atoms with Crippen molar-refractivity contribution in [1.29, 1.82) is 0 Å². The third-order valence-electron chi connectivity index (χ3n) is 3.17. The molecular formula is C14H22N6. The first-order chi connectivity index (χ1) is 9.85. The zero-order valence-corrected chi connectivity index (χ0v) is 12.2. The van der Waals surface area contributed by atoms with E-state index in [1.54, 1.807) is 4.68 Å². The van der Waals surface area contributed by atoms with Crippen LogP contribution in [0.25, 0.3) is 5.69 Å². The maximum absolute atomic E-state index is 4.03. The Kier molecular flexibility index (Phi) is 5.49. The molecule has 0 radical (unpaired) electrons. The molecule has 1 aromatic carbocycles. The van der Waals surface area contributed by atoms with Gasteiger partial charge < -0.3 is 10.2 Å². The first-order valence-corrected chi connectivity index (χ1v) is 7.15. The molecule has 0 aliphatic carbocycles. The second-order valence-electron chi connectivity index (χ2n) is 4.61. The fraction of sp³-hybridized carbons (Fsp3) is 0.500. The molecule has 0 bridgehead atoms. The van der Waals surface area contributed by atoms with Gasteiger partial charge in [-0.15, -0.1) is 0 Å². The quantitative estimate of drug-likeness (QED) is 0.795. The fourth-order valence-electron chi connectivity index (χ4n) is 2.11. The summed E-state index contributed by atoms with van der Waals surface area (Å²) >= 11 is 0. The number of benzene rings is 1. The molecule has 6 nitrogen and oxygen atoms in total. The number of para-hydroxylation sites is 1. The SMILES string of the molecule is CCCN(CC)CCNc1nnnn1-c1ccccc1. The predicted molar refractivity (Wildman–Crippen MR) is 80.0 cm³/mol. The maximum Gasteiger partial charge on any atom is 0.247 e. The summed E-state index contributed by atoms with van der Waals surface area (Å²) in [7, 11) is 0. The van der Waals surface area contributed by atoms with Gasteiger partial charge in [0.15, 0.2) is 0 Å². The number of nitrogens with zero attached hydrogens (tertiary/aromatic N) is 5. The van der Waals surface area contributed by atoms with Crippen LogP contribution in [0.3, 0.4) is 0 Å². The van der Waals surface area contributed by atoms with Crippen molar-refractivity contribution in [2.45, 2.75) is 20.3 Å². The van der Waals surface area contributed by atoms with E-state index in [1.165, 1.54) is 6.42 Å². The number of anilines is 1. The molecule has 1 aromatic heterocycles. The van der Waals surface area contributed by atoms with Crippen molar-refractivity contribution in [3.63, 3.8) is 0 Å². The molecule has 0 aliphatic heterocycles. The summed E-state index contributed by atoms with van der Waals surface area (Å²) in [5, 5.41) is 15.1. The van der Waals surface area contributed by atoms with E-state index in [9.17, 15) is 0 Å². The molecule has 1 N–H and O–H groups in total. The Morgan fingerprint density at radius 1 is 1.15 bits per heavy atom. The van der Waals surface area contributed by atoms with Crippen molar-refractivity contribution in [3.8, 4) is 5.69 Å². The molecular weight excluding hydrogens is 252 g/mol. The minimum Gasteiger partial charge on any atom is -0.351 e. The molecule has 0 amide bonds. The van der Waals surface area contributed by atoms with E-state index in [2.05, 4.69) is 39.6 Å². The molecule has 1 heterocycles. The molecule has 2 aromatic rings. The van der Waals surface area contributed by atoms with Crippen molar-refractivity contribution < 1.29 is 0 Å². The summed E-state index contributed by atoms with van der Waals surface area (Å²) in [4.78, 5) is 2.41. The van der Waals surface area contributed by atoms with Crippen molar-refractivity contribution >= 4 is 5.95 Å². The Morgan fingerprint density at radius 2 is 1.95 bits per heavy atom. The number of likely N-dealkylation sites (N-methyl/N-ethyl adjacent to an activating group) is 1. The highest BCUT2D eigenvalue weighted by molar-refractivity contribution is 5.38. The minimum absolute atomic E-state index is 0.684. The molecule has 0 saturated heterocycles. The van der Waals surface area contributed by atoms with E-state index >= 15 is 0 Å². The molecule has 0 spiro atoms. The summed E-state index contributed by atoms with van der Waals surface area (Å²) < 4.78 is 1.72. The monoisotopic (exact) mass is 274 g/mol. The number of tetrazole rings is 1. The van der Waals surface area contributed by atoms with E-state index in [1.807, 2.05) is 30.3 Å². The van der Waals surface area contributed by atoms with E-state index in [0.717, 1.165) is 31.9 Å². The third kappa shape index (κ3) is 3.77. The summed E-state index contributed by atoms with van der Waals surface area (Å²) in [6.07, 6.45) is 1.18. The summed E-state index contributed by atoms with van der Waals surface area (Å²) in [5.41, 5.74) is 0.959. The fourth-order valence-corrected chi connectivity index (χ4v) is 2.11. The van der Waals surface area contributed by atoms with Gasteiger partial charge in [-0.3, -0.25) is 0 Å². The van der Waals surface area contributed by atoms with Gasteiger partial charge >= 0.3 is 0 Å². The number of rotatable bonds is 8. The van der Waals surface area contributed by atoms with Gasteiger partial charge in [-0.05, 0) is 42.1 Å². The standard InChI is InChI=1S/C14H22N6/c1-3-11-19(4-2)12-10-15-14-16-17-18-20(14)13-8-6-5-7-9-13/h5-9H,3-4,10-12H2,1-2H3,(H,15,16,18). The zero-order valence-electron chi connectivity index (χ0n) is 12.2. The van der Waals surface area contributed by atoms with Crippen LogP contribution in [0, 0.1) is 0 Å². The molecule has 20 heavy (non-hydrogen) atoms. The molecule has 2 rings (SSSR count). The van der Waals surface area contributed by atoms with Crippen LogP contribution in [0.2, 0.25) is 0 Å². The third-order valence-corrected chi connectivity index (χ3v) is 3.17. The van der Waals surface area contributed by atoms with Crippen LogP contribution in [0.15, 0.2) is 30.3 Å². The second kappa shape index (κ2) is 7.59. The van der Waals surface area contributed by atoms with Crippen molar-refractivity contribution in [2.24, 2.45) is 0 Å². The Balaban J connectivity index is 1.93. The van der Waals surface area contributed by atoms with Crippen molar-refractivity contribution in [1.82, 2.24) is 25.1 Å². The first kappa shape index (κ1) is 14.5. The van der Waals surface area contributed by atoms with E-state index in [4.69, 9.17) is 0 Å². The smallest absolute Gasteiger partial charge is 0.247 e. The summed E-state index contributed by atoms with van der Waals surface area (Å²) in [6, 6.07) is 9.89. The van der Waals surface area contributed by atoms with Gasteiger partial charge in [-0.1, -0.05) is 37.1 Å². The zero-order chi connectivity index (χ0) is 14.2. The number of nitrogens with one attached hydrogen (secondary N) is 1. The Morgan fingerprint density at radius 3 is 2.65 bits per heavy atom. The Hall–Kier alpha value is -1.95. The minimum atomic E-state index is 0.684. The highest BCUT2D eigenvalue weighted by Crippen LogP contribution is 2.10. The average molecular weight is 274 g/mol. The van der Waals surface area contributed by atoms with Gasteiger partial charge in [0.25, 0.3) is 0 Å². The molecule has 0 atom stereocenters. The lowest BCUT2D eigenvalue weighted by molar-refractivity contribution is 0.299. The molecule has 6 heteroatoms. The summed E-state index contributed by atoms with van der Waals surface area (Å²) in [5.74, 6) is 0.684. The van der Waals surface area contributed by atoms with E-state index < -0.39 is 0 Å². The summed E-state index contributed by atoms with van der Waals surface area (Å²) in [6.45, 7) is 8.41. The van der Waals surface area contributed by atoms with Crippen molar-refractivity contribution in [2.75, 3.05) is 31.5 Å². The van der Waals surface area contributed by atoms with Crippen molar-refractivity contribution in [3.05, 3.63) is 30.3 Å². The van der Waals surface area contributed by atoms with Gasteiger partial charge in [0.2, 0.25) is 5.95 Å². The molecule has 0 fully saturated rings. The van der Waals surface area contributed by atoms with E-state index in [-0.39, 0.29) is 0 Å². The van der Waals surface area contributed by atoms with E-state index in [0.29, 0.717) is 5.95 Å². The average Bonchev–Trinajstić information content (AvgIpc) is 2.95. The normalized spacial score (nSPS) is 10.9. The lowest BCUT2D eigenvalue weighted by Gasteiger charge is -2.19. The van der Waals surface area contributed by atoms with Crippen LogP contribution in [-0.2, 0) is 0 Å². The first-order valence-electron chi connectivity index (χ1n) is 7.15. The highest BCUT2D eigenvalue weighted by atomic mass is 15.6. The van der Waals surface area contributed by atoms with Crippen LogP contribution in [0.5, 0.6) is 0 Å². The van der Waals surface area contributed by atoms with Gasteiger partial charge in [0, 0.05) is 13.1 Å². The van der Waals surface area contributed by atoms with Crippen LogP contribution >= 0.6 is 0 Å². The van der Waals surface area contributed by atoms with Gasteiger partial charge in [0.05, 0.1) is 5.69 Å². The lowest BCUT2D eigenvalue weighted by Crippen LogP contribution is -2.30. The molecule has 0 aliphatic rings. The highest BCUT2D eigenvalue weighted by Gasteiger charge is 2.07. The largest absolute Gasteiger partial charge is 0.351 e. The Bertz CT molecular complexity index is 495. The van der Waals surface area contributed by atoms with Crippen LogP contribution in [0.1, 0.15) is 20.3 Å². The number of hydrogen-bond donors (Lipinski definition) is 1. The topological polar surface area (TPSA) is 58.9 Å². The maximum atomic E-state index is 4.03. The molecule has 0 saturated carbocycles. The van der Waals surface area contributed by atoms with Crippen LogP contribution in [-0.4, -0.2) is 51.3 Å². The molecule has 0 unspecified atom stereocenters. The number of hydrogen-bond acceptors (Lipinski definition) is 5. The second-order valence-corrected chi connectivity index (χ2v) is 4.61. The lowest BCUT2D eigenvalue weighted by atomic mass is 10.3.